The molecule has 2 fully saturated rings. The van der Waals surface area contributed by atoms with E-state index in [-0.39, 0.29) is 17.4 Å². The van der Waals surface area contributed by atoms with Crippen LogP contribution in [0, 0.1) is 0 Å². The van der Waals surface area contributed by atoms with Crippen LogP contribution in [-0.2, 0) is 0 Å². The predicted octanol–water partition coefficient (Wildman–Crippen LogP) is 3.29. The maximum absolute atomic E-state index is 10.4. The number of benzene rings is 1. The van der Waals surface area contributed by atoms with Gasteiger partial charge in [0.1, 0.15) is 11.9 Å². The van der Waals surface area contributed by atoms with Crippen LogP contribution in [0.5, 0.6) is 11.6 Å². The summed E-state index contributed by atoms with van der Waals surface area (Å²) in [6.07, 6.45) is 8.09. The van der Waals surface area contributed by atoms with Crippen molar-refractivity contribution in [3.8, 4) is 34.0 Å². The second-order valence-electron chi connectivity index (χ2n) is 8.10. The molecule has 0 radical (unpaired) electrons. The summed E-state index contributed by atoms with van der Waals surface area (Å²) in [6.45, 7) is 2.27. The van der Waals surface area contributed by atoms with E-state index in [0.29, 0.717) is 23.2 Å². The Morgan fingerprint density at radius 1 is 1.18 bits per heavy atom. The Morgan fingerprint density at radius 2 is 2.11 bits per heavy atom. The van der Waals surface area contributed by atoms with E-state index in [1.54, 1.807) is 18.5 Å². The second-order valence-corrected chi connectivity index (χ2v) is 8.10. The third kappa shape index (κ3) is 3.22. The smallest absolute Gasteiger partial charge is 0.233 e. The van der Waals surface area contributed by atoms with Crippen molar-refractivity contribution < 1.29 is 9.84 Å². The Labute approximate surface area is 163 Å². The first-order chi connectivity index (χ1) is 13.6. The maximum Gasteiger partial charge on any atom is 0.233 e. The second kappa shape index (κ2) is 6.60. The summed E-state index contributed by atoms with van der Waals surface area (Å²) < 4.78 is 6.10. The van der Waals surface area contributed by atoms with Gasteiger partial charge >= 0.3 is 0 Å². The first kappa shape index (κ1) is 17.2. The van der Waals surface area contributed by atoms with Gasteiger partial charge in [-0.2, -0.15) is 5.10 Å². The van der Waals surface area contributed by atoms with Gasteiger partial charge in [-0.3, -0.25) is 5.10 Å². The van der Waals surface area contributed by atoms with Crippen molar-refractivity contribution in [2.45, 2.75) is 50.3 Å². The van der Waals surface area contributed by atoms with Gasteiger partial charge in [-0.25, -0.2) is 0 Å². The number of rotatable bonds is 4. The first-order valence-electron chi connectivity index (χ1n) is 9.69. The Balaban J connectivity index is 1.31. The van der Waals surface area contributed by atoms with Gasteiger partial charge in [-0.1, -0.05) is 6.07 Å². The molecule has 7 nitrogen and oxygen atoms in total. The monoisotopic (exact) mass is 377 g/mol. The number of fused-ring (bicyclic) bond motifs is 2. The van der Waals surface area contributed by atoms with Gasteiger partial charge in [0.2, 0.25) is 5.88 Å². The molecule has 0 amide bonds. The largest absolute Gasteiger partial charge is 0.507 e. The molecule has 2 bridgehead atoms. The molecular formula is C21H23N5O2. The Kier molecular flexibility index (Phi) is 4.05. The molecule has 2 saturated heterocycles. The summed E-state index contributed by atoms with van der Waals surface area (Å²) in [4.78, 5) is 0. The van der Waals surface area contributed by atoms with Gasteiger partial charge in [0, 0.05) is 41.4 Å². The van der Waals surface area contributed by atoms with E-state index in [1.165, 1.54) is 12.8 Å². The van der Waals surface area contributed by atoms with Crippen molar-refractivity contribution in [2.24, 2.45) is 0 Å². The van der Waals surface area contributed by atoms with E-state index in [2.05, 4.69) is 32.6 Å². The summed E-state index contributed by atoms with van der Waals surface area (Å²) in [6, 6.07) is 9.69. The summed E-state index contributed by atoms with van der Waals surface area (Å²) >= 11 is 0. The minimum Gasteiger partial charge on any atom is -0.507 e. The van der Waals surface area contributed by atoms with Gasteiger partial charge in [0.25, 0.3) is 0 Å². The van der Waals surface area contributed by atoms with E-state index < -0.39 is 0 Å². The number of ether oxygens (including phenoxy) is 1. The Bertz CT molecular complexity index is 973. The number of nitrogens with one attached hydrogen (secondary N) is 2. The van der Waals surface area contributed by atoms with Gasteiger partial charge in [0.15, 0.2) is 0 Å². The Hall–Kier alpha value is -2.93. The minimum atomic E-state index is 0.157. The van der Waals surface area contributed by atoms with Crippen LogP contribution in [0.15, 0.2) is 42.7 Å². The number of aromatic amines is 1. The molecule has 0 spiro atoms. The van der Waals surface area contributed by atoms with Crippen LogP contribution in [0.25, 0.3) is 22.4 Å². The minimum absolute atomic E-state index is 0.157. The average molecular weight is 377 g/mol. The zero-order valence-electron chi connectivity index (χ0n) is 15.7. The lowest BCUT2D eigenvalue weighted by Gasteiger charge is -2.36. The zero-order valence-corrected chi connectivity index (χ0v) is 15.7. The number of nitrogens with zero attached hydrogens (tertiary/aromatic N) is 3. The molecule has 2 aliphatic heterocycles. The quantitative estimate of drug-likeness (QED) is 0.646. The normalized spacial score (nSPS) is 26.3. The number of hydrogen-bond donors (Lipinski definition) is 3. The van der Waals surface area contributed by atoms with Crippen LogP contribution >= 0.6 is 0 Å². The molecule has 144 valence electrons. The van der Waals surface area contributed by atoms with Crippen molar-refractivity contribution in [2.75, 3.05) is 0 Å². The number of piperidine rings is 1. The van der Waals surface area contributed by atoms with Crippen LogP contribution in [-0.4, -0.2) is 43.2 Å². The highest BCUT2D eigenvalue weighted by atomic mass is 16.5. The SMILES string of the molecule is C[C@]12CCC(C[C@@H](Oc3ccc(-c4ccc(-c5cn[nH]c5)cc4O)nn3)C1)N2. The van der Waals surface area contributed by atoms with E-state index >= 15 is 0 Å². The third-order valence-electron chi connectivity index (χ3n) is 5.86. The van der Waals surface area contributed by atoms with Crippen molar-refractivity contribution >= 4 is 0 Å². The van der Waals surface area contributed by atoms with E-state index in [4.69, 9.17) is 4.74 Å². The predicted molar refractivity (Wildman–Crippen MR) is 105 cm³/mol. The fraction of sp³-hybridized carbons (Fsp3) is 0.381. The zero-order chi connectivity index (χ0) is 19.1. The number of aromatic nitrogens is 4. The van der Waals surface area contributed by atoms with Gasteiger partial charge in [0.05, 0.1) is 11.9 Å². The number of aromatic hydroxyl groups is 1. The molecule has 4 heterocycles. The molecule has 0 aliphatic carbocycles. The van der Waals surface area contributed by atoms with Crippen LogP contribution < -0.4 is 10.1 Å². The topological polar surface area (TPSA) is 96.0 Å². The standard InChI is InChI=1S/C21H23N5O2/c1-21-7-6-15(24-21)9-16(10-21)28-20-5-4-18(25-26-20)17-3-2-13(8-19(17)27)14-11-22-23-12-14/h2-5,8,11-12,15-16,24,27H,6-7,9-10H2,1H3,(H,22,23)/t15?,16-,21+/m1/s1. The summed E-state index contributed by atoms with van der Waals surface area (Å²) in [5, 5.41) is 29.3. The summed E-state index contributed by atoms with van der Waals surface area (Å²) in [7, 11) is 0. The fourth-order valence-corrected chi connectivity index (χ4v) is 4.49. The Morgan fingerprint density at radius 3 is 2.82 bits per heavy atom. The van der Waals surface area contributed by atoms with Gasteiger partial charge in [-0.15, -0.1) is 10.2 Å². The van der Waals surface area contributed by atoms with Crippen LogP contribution in [0.4, 0.5) is 0 Å². The first-order valence-corrected chi connectivity index (χ1v) is 9.69. The lowest BCUT2D eigenvalue weighted by atomic mass is 9.91. The van der Waals surface area contributed by atoms with Crippen molar-refractivity contribution in [3.63, 3.8) is 0 Å². The molecule has 2 aliphatic rings. The van der Waals surface area contributed by atoms with Crippen molar-refractivity contribution in [1.29, 1.82) is 0 Å². The fourth-order valence-electron chi connectivity index (χ4n) is 4.49. The van der Waals surface area contributed by atoms with Gasteiger partial charge in [-0.05, 0) is 49.9 Å². The van der Waals surface area contributed by atoms with Crippen LogP contribution in [0.1, 0.15) is 32.6 Å². The average Bonchev–Trinajstić information content (AvgIpc) is 3.30. The molecule has 5 rings (SSSR count). The third-order valence-corrected chi connectivity index (χ3v) is 5.86. The number of phenolic OH excluding ortho intramolecular Hbond substituents is 1. The van der Waals surface area contributed by atoms with Crippen LogP contribution in [0.3, 0.4) is 0 Å². The molecule has 1 unspecified atom stereocenters. The molecule has 7 heteroatoms. The molecule has 3 N–H and O–H groups in total. The van der Waals surface area contributed by atoms with Crippen molar-refractivity contribution in [1.82, 2.24) is 25.7 Å². The molecule has 0 saturated carbocycles. The molecule has 3 aromatic rings. The lowest BCUT2D eigenvalue weighted by Crippen LogP contribution is -2.50. The van der Waals surface area contributed by atoms with Crippen molar-refractivity contribution in [3.05, 3.63) is 42.7 Å². The molecule has 1 aromatic carbocycles. The highest BCUT2D eigenvalue weighted by Gasteiger charge is 2.42. The van der Waals surface area contributed by atoms with Crippen LogP contribution in [0.2, 0.25) is 0 Å². The number of phenols is 1. The van der Waals surface area contributed by atoms with E-state index in [0.717, 1.165) is 24.0 Å². The summed E-state index contributed by atoms with van der Waals surface area (Å²) in [5.41, 5.74) is 3.24. The highest BCUT2D eigenvalue weighted by Crippen LogP contribution is 2.37. The number of H-pyrrole nitrogens is 1. The summed E-state index contributed by atoms with van der Waals surface area (Å²) in [5.74, 6) is 0.692. The molecular weight excluding hydrogens is 354 g/mol. The van der Waals surface area contributed by atoms with E-state index in [9.17, 15) is 5.11 Å². The number of hydrogen-bond acceptors (Lipinski definition) is 6. The van der Waals surface area contributed by atoms with E-state index in [1.807, 2.05) is 24.3 Å². The van der Waals surface area contributed by atoms with Gasteiger partial charge < -0.3 is 15.2 Å². The molecule has 2 aromatic heterocycles. The highest BCUT2D eigenvalue weighted by molar-refractivity contribution is 5.73. The molecule has 28 heavy (non-hydrogen) atoms. The maximum atomic E-state index is 10.4. The molecule has 3 atom stereocenters. The lowest BCUT2D eigenvalue weighted by molar-refractivity contribution is 0.103.